The summed E-state index contributed by atoms with van der Waals surface area (Å²) in [5.41, 5.74) is -0.276. The van der Waals surface area contributed by atoms with Gasteiger partial charge in [0.1, 0.15) is 18.4 Å². The summed E-state index contributed by atoms with van der Waals surface area (Å²) >= 11 is 0. The molecule has 0 atom stereocenters. The second kappa shape index (κ2) is 8.31. The number of benzene rings is 1. The minimum Gasteiger partial charge on any atom is -0.506 e. The Hall–Kier alpha value is -3.85. The van der Waals surface area contributed by atoms with Gasteiger partial charge in [0.25, 0.3) is 11.8 Å². The predicted octanol–water partition coefficient (Wildman–Crippen LogP) is -0.0653. The highest BCUT2D eigenvalue weighted by molar-refractivity contribution is 6.04. The van der Waals surface area contributed by atoms with Crippen LogP contribution in [0.15, 0.2) is 17.7 Å². The minimum absolute atomic E-state index is 0.452. The van der Waals surface area contributed by atoms with E-state index in [2.05, 4.69) is 4.84 Å². The van der Waals surface area contributed by atoms with Crippen molar-refractivity contribution in [1.29, 1.82) is 5.26 Å². The number of aromatic hydroxyl groups is 2. The molecule has 4 N–H and O–H groups in total. The molecular formula is C14H14N4O8. The standard InChI is InChI=1S/C14H14N4O8/c1-17(6-11(20)16-26-2)14(23)8(5-15)12(21)7-3-9(18(24)25)13(22)10(19)4-7/h3-4,19,21-22H,6H2,1-2H3,(H,16,20)/b12-8-. The van der Waals surface area contributed by atoms with Crippen molar-refractivity contribution in [3.8, 4) is 17.6 Å². The number of hydrogen-bond acceptors (Lipinski definition) is 9. The zero-order chi connectivity index (χ0) is 20.0. The average Bonchev–Trinajstić information content (AvgIpc) is 2.57. The van der Waals surface area contributed by atoms with Crippen LogP contribution in [-0.4, -0.2) is 57.7 Å². The highest BCUT2D eigenvalue weighted by Gasteiger charge is 2.25. The van der Waals surface area contributed by atoms with E-state index in [9.17, 15) is 35.0 Å². The number of nitro groups is 1. The van der Waals surface area contributed by atoms with Crippen LogP contribution in [0.5, 0.6) is 11.5 Å². The molecule has 1 rings (SSSR count). The van der Waals surface area contributed by atoms with Gasteiger partial charge in [-0.15, -0.1) is 0 Å². The summed E-state index contributed by atoms with van der Waals surface area (Å²) in [6, 6.07) is 2.84. The van der Waals surface area contributed by atoms with Crippen molar-refractivity contribution in [1.82, 2.24) is 10.4 Å². The van der Waals surface area contributed by atoms with E-state index in [0.717, 1.165) is 11.0 Å². The van der Waals surface area contributed by atoms with Crippen LogP contribution in [0.1, 0.15) is 5.56 Å². The Labute approximate surface area is 146 Å². The van der Waals surface area contributed by atoms with E-state index in [-0.39, 0.29) is 0 Å². The fourth-order valence-electron chi connectivity index (χ4n) is 1.85. The van der Waals surface area contributed by atoms with E-state index in [1.807, 2.05) is 5.48 Å². The van der Waals surface area contributed by atoms with Gasteiger partial charge in [-0.1, -0.05) is 0 Å². The molecule has 0 bridgehead atoms. The lowest BCUT2D eigenvalue weighted by Gasteiger charge is -2.16. The Morgan fingerprint density at radius 3 is 2.54 bits per heavy atom. The molecule has 2 amide bonds. The van der Waals surface area contributed by atoms with E-state index in [1.54, 1.807) is 0 Å². The summed E-state index contributed by atoms with van der Waals surface area (Å²) in [6.45, 7) is -0.508. The first-order valence-electron chi connectivity index (χ1n) is 6.75. The third-order valence-electron chi connectivity index (χ3n) is 3.05. The summed E-state index contributed by atoms with van der Waals surface area (Å²) in [5, 5.41) is 49.1. The number of carbonyl (C=O) groups is 2. The maximum Gasteiger partial charge on any atom is 0.315 e. The topological polar surface area (TPSA) is 186 Å². The Morgan fingerprint density at radius 2 is 2.04 bits per heavy atom. The zero-order valence-electron chi connectivity index (χ0n) is 13.6. The number of phenols is 2. The van der Waals surface area contributed by atoms with E-state index in [1.165, 1.54) is 20.2 Å². The number of amides is 2. The van der Waals surface area contributed by atoms with Gasteiger partial charge in [-0.05, 0) is 6.07 Å². The highest BCUT2D eigenvalue weighted by Crippen LogP contribution is 2.38. The molecule has 12 heteroatoms. The maximum absolute atomic E-state index is 12.2. The Morgan fingerprint density at radius 1 is 1.42 bits per heavy atom. The van der Waals surface area contributed by atoms with Gasteiger partial charge >= 0.3 is 5.69 Å². The Bertz CT molecular complexity index is 827. The molecule has 0 saturated heterocycles. The number of nitrogens with zero attached hydrogens (tertiary/aromatic N) is 3. The minimum atomic E-state index is -1.06. The molecule has 26 heavy (non-hydrogen) atoms. The second-order valence-electron chi connectivity index (χ2n) is 4.85. The molecule has 0 aliphatic heterocycles. The lowest BCUT2D eigenvalue weighted by Crippen LogP contribution is -2.38. The zero-order valence-corrected chi connectivity index (χ0v) is 13.6. The summed E-state index contributed by atoms with van der Waals surface area (Å²) in [4.78, 5) is 38.6. The number of carbonyl (C=O) groups excluding carboxylic acids is 2. The molecule has 0 aliphatic rings. The number of rotatable bonds is 6. The number of nitrogens with one attached hydrogen (secondary N) is 1. The first kappa shape index (κ1) is 20.2. The maximum atomic E-state index is 12.2. The fraction of sp³-hybridized carbons (Fsp3) is 0.214. The molecule has 0 radical (unpaired) electrons. The van der Waals surface area contributed by atoms with Crippen molar-refractivity contribution in [2.45, 2.75) is 0 Å². The van der Waals surface area contributed by atoms with Gasteiger partial charge < -0.3 is 20.2 Å². The van der Waals surface area contributed by atoms with E-state index < -0.39 is 57.4 Å². The highest BCUT2D eigenvalue weighted by atomic mass is 16.6. The molecule has 0 saturated carbocycles. The number of hydroxylamine groups is 1. The summed E-state index contributed by atoms with van der Waals surface area (Å²) < 4.78 is 0. The molecule has 0 aromatic heterocycles. The fourth-order valence-corrected chi connectivity index (χ4v) is 1.85. The molecule has 0 spiro atoms. The molecule has 12 nitrogen and oxygen atoms in total. The van der Waals surface area contributed by atoms with Crippen molar-refractivity contribution < 1.29 is 34.7 Å². The van der Waals surface area contributed by atoms with Gasteiger partial charge in [0.2, 0.25) is 5.75 Å². The predicted molar refractivity (Wildman–Crippen MR) is 84.4 cm³/mol. The van der Waals surface area contributed by atoms with Crippen LogP contribution in [0.4, 0.5) is 5.69 Å². The van der Waals surface area contributed by atoms with Crippen molar-refractivity contribution in [2.24, 2.45) is 0 Å². The second-order valence-corrected chi connectivity index (χ2v) is 4.85. The first-order valence-corrected chi connectivity index (χ1v) is 6.75. The third-order valence-corrected chi connectivity index (χ3v) is 3.05. The lowest BCUT2D eigenvalue weighted by molar-refractivity contribution is -0.386. The largest absolute Gasteiger partial charge is 0.506 e. The quantitative estimate of drug-likeness (QED) is 0.133. The van der Waals surface area contributed by atoms with Gasteiger partial charge in [0.05, 0.1) is 12.0 Å². The van der Waals surface area contributed by atoms with E-state index in [4.69, 9.17) is 5.26 Å². The monoisotopic (exact) mass is 366 g/mol. The van der Waals surface area contributed by atoms with Crippen LogP contribution in [0.3, 0.4) is 0 Å². The van der Waals surface area contributed by atoms with Crippen molar-refractivity contribution in [3.63, 3.8) is 0 Å². The van der Waals surface area contributed by atoms with E-state index in [0.29, 0.717) is 6.07 Å². The van der Waals surface area contributed by atoms with Gasteiger partial charge in [0, 0.05) is 18.7 Å². The van der Waals surface area contributed by atoms with Gasteiger partial charge in [-0.25, -0.2) is 5.48 Å². The molecule has 0 fully saturated rings. The SMILES string of the molecule is CONC(=O)CN(C)C(=O)/C(C#N)=C(\O)c1cc(O)c(O)c([N+](=O)[O-])c1. The molecule has 1 aromatic rings. The molecule has 138 valence electrons. The van der Waals surface area contributed by atoms with Crippen molar-refractivity contribution >= 4 is 23.3 Å². The number of hydrogen-bond donors (Lipinski definition) is 4. The van der Waals surface area contributed by atoms with Crippen LogP contribution in [0, 0.1) is 21.4 Å². The van der Waals surface area contributed by atoms with Gasteiger partial charge in [-0.2, -0.15) is 5.26 Å². The van der Waals surface area contributed by atoms with Crippen LogP contribution < -0.4 is 5.48 Å². The van der Waals surface area contributed by atoms with Crippen LogP contribution in [0.2, 0.25) is 0 Å². The molecule has 0 unspecified atom stereocenters. The summed E-state index contributed by atoms with van der Waals surface area (Å²) in [5.74, 6) is -4.72. The van der Waals surface area contributed by atoms with Crippen molar-refractivity contribution in [3.05, 3.63) is 33.4 Å². The van der Waals surface area contributed by atoms with Crippen LogP contribution in [-0.2, 0) is 14.4 Å². The molecular weight excluding hydrogens is 352 g/mol. The van der Waals surface area contributed by atoms with Gasteiger partial charge in [0.15, 0.2) is 11.3 Å². The lowest BCUT2D eigenvalue weighted by atomic mass is 10.1. The molecule has 0 aliphatic carbocycles. The smallest absolute Gasteiger partial charge is 0.315 e. The van der Waals surface area contributed by atoms with Crippen LogP contribution >= 0.6 is 0 Å². The number of aliphatic hydroxyl groups excluding tert-OH is 1. The molecule has 0 heterocycles. The van der Waals surface area contributed by atoms with Crippen LogP contribution in [0.25, 0.3) is 5.76 Å². The number of phenolic OH excluding ortho intramolecular Hbond substituents is 2. The molecule has 1 aromatic carbocycles. The number of likely N-dealkylation sites (N-methyl/N-ethyl adjacent to an activating group) is 1. The van der Waals surface area contributed by atoms with E-state index >= 15 is 0 Å². The third kappa shape index (κ3) is 4.36. The summed E-state index contributed by atoms with van der Waals surface area (Å²) in [6.07, 6.45) is 0. The summed E-state index contributed by atoms with van der Waals surface area (Å²) in [7, 11) is 2.34. The Kier molecular flexibility index (Phi) is 6.45. The first-order chi connectivity index (χ1) is 12.1. The number of nitro benzene ring substituents is 1. The van der Waals surface area contributed by atoms with Crippen molar-refractivity contribution in [2.75, 3.05) is 20.7 Å². The normalized spacial score (nSPS) is 11.1. The number of aliphatic hydroxyl groups is 1. The van der Waals surface area contributed by atoms with Gasteiger partial charge in [-0.3, -0.25) is 24.5 Å². The number of nitriles is 1. The average molecular weight is 366 g/mol. The Balaban J connectivity index is 3.32.